The summed E-state index contributed by atoms with van der Waals surface area (Å²) in [5.41, 5.74) is 1.69. The van der Waals surface area contributed by atoms with Gasteiger partial charge in [-0.25, -0.2) is 0 Å². The van der Waals surface area contributed by atoms with Crippen molar-refractivity contribution in [2.45, 2.75) is 57.0 Å². The van der Waals surface area contributed by atoms with Gasteiger partial charge in [-0.1, -0.05) is 19.3 Å². The fourth-order valence-electron chi connectivity index (χ4n) is 3.37. The van der Waals surface area contributed by atoms with E-state index < -0.39 is 0 Å². The third kappa shape index (κ3) is 1.43. The molecule has 1 atom stereocenters. The molecular weight excluding hydrogens is 186 g/mol. The number of rotatable bonds is 0. The maximum Gasteiger partial charge on any atom is 0.110 e. The van der Waals surface area contributed by atoms with Gasteiger partial charge in [-0.05, 0) is 25.8 Å². The normalized spacial score (nSPS) is 29.0. The molecule has 2 nitrogen and oxygen atoms in total. The molecule has 1 aliphatic carbocycles. The lowest BCUT2D eigenvalue weighted by Crippen LogP contribution is -2.52. The van der Waals surface area contributed by atoms with Crippen LogP contribution in [0.4, 0.5) is 0 Å². The van der Waals surface area contributed by atoms with Gasteiger partial charge in [0.2, 0.25) is 0 Å². The monoisotopic (exact) mass is 205 g/mol. The third-order valence-corrected chi connectivity index (χ3v) is 3.98. The van der Waals surface area contributed by atoms with E-state index in [2.05, 4.69) is 18.3 Å². The average molecular weight is 205 g/mol. The zero-order valence-electron chi connectivity index (χ0n) is 9.38. The van der Waals surface area contributed by atoms with Gasteiger partial charge in [0, 0.05) is 23.6 Å². The largest absolute Gasteiger partial charge is 0.469 e. The van der Waals surface area contributed by atoms with E-state index in [1.165, 1.54) is 43.4 Å². The first-order valence-corrected chi connectivity index (χ1v) is 6.15. The summed E-state index contributed by atoms with van der Waals surface area (Å²) in [6, 6.07) is 2.74. The van der Waals surface area contributed by atoms with Crippen LogP contribution in [0, 0.1) is 0 Å². The lowest BCUT2D eigenvalue weighted by molar-refractivity contribution is 0.188. The summed E-state index contributed by atoms with van der Waals surface area (Å²) in [5, 5.41) is 3.81. The number of fused-ring (bicyclic) bond motifs is 2. The second-order valence-electron chi connectivity index (χ2n) is 5.15. The first-order valence-electron chi connectivity index (χ1n) is 6.15. The smallest absolute Gasteiger partial charge is 0.110 e. The number of hydrogen-bond acceptors (Lipinski definition) is 2. The standard InChI is InChI=1S/C13H19NO/c1-10-9-12-11(5-8-15-12)13(14-10)6-3-2-4-7-13/h5,8,10,14H,2-4,6-7,9H2,1H3. The van der Waals surface area contributed by atoms with Crippen LogP contribution in [0.15, 0.2) is 16.7 Å². The molecule has 1 spiro atoms. The Morgan fingerprint density at radius 2 is 2.13 bits per heavy atom. The highest BCUT2D eigenvalue weighted by Crippen LogP contribution is 2.42. The Hall–Kier alpha value is -0.760. The Bertz CT molecular complexity index is 349. The van der Waals surface area contributed by atoms with Crippen molar-refractivity contribution in [2.24, 2.45) is 0 Å². The summed E-state index contributed by atoms with van der Waals surface area (Å²) < 4.78 is 5.61. The summed E-state index contributed by atoms with van der Waals surface area (Å²) in [5.74, 6) is 1.23. The van der Waals surface area contributed by atoms with Gasteiger partial charge < -0.3 is 9.73 Å². The van der Waals surface area contributed by atoms with Crippen LogP contribution >= 0.6 is 0 Å². The highest BCUT2D eigenvalue weighted by Gasteiger charge is 2.40. The molecule has 3 rings (SSSR count). The molecule has 0 bridgehead atoms. The van der Waals surface area contributed by atoms with Crippen molar-refractivity contribution in [1.29, 1.82) is 0 Å². The topological polar surface area (TPSA) is 25.2 Å². The highest BCUT2D eigenvalue weighted by atomic mass is 16.3. The molecule has 82 valence electrons. The van der Waals surface area contributed by atoms with Crippen LogP contribution in [0.25, 0.3) is 0 Å². The van der Waals surface area contributed by atoms with E-state index in [-0.39, 0.29) is 5.54 Å². The molecule has 2 aliphatic rings. The van der Waals surface area contributed by atoms with Crippen molar-refractivity contribution in [3.63, 3.8) is 0 Å². The third-order valence-electron chi connectivity index (χ3n) is 3.98. The van der Waals surface area contributed by atoms with Crippen LogP contribution in [0.5, 0.6) is 0 Å². The van der Waals surface area contributed by atoms with Crippen molar-refractivity contribution >= 4 is 0 Å². The summed E-state index contributed by atoms with van der Waals surface area (Å²) in [7, 11) is 0. The van der Waals surface area contributed by atoms with E-state index in [0.29, 0.717) is 6.04 Å². The molecule has 0 amide bonds. The van der Waals surface area contributed by atoms with Crippen molar-refractivity contribution < 1.29 is 4.42 Å². The molecule has 0 aromatic carbocycles. The molecule has 15 heavy (non-hydrogen) atoms. The second kappa shape index (κ2) is 3.38. The van der Waals surface area contributed by atoms with Gasteiger partial charge in [0.1, 0.15) is 5.76 Å². The Balaban J connectivity index is 2.02. The Labute approximate surface area is 91.0 Å². The summed E-state index contributed by atoms with van der Waals surface area (Å²) >= 11 is 0. The van der Waals surface area contributed by atoms with Crippen LogP contribution in [0.1, 0.15) is 50.4 Å². The fourth-order valence-corrected chi connectivity index (χ4v) is 3.37. The Morgan fingerprint density at radius 1 is 1.33 bits per heavy atom. The maximum absolute atomic E-state index is 5.61. The van der Waals surface area contributed by atoms with Gasteiger partial charge >= 0.3 is 0 Å². The van der Waals surface area contributed by atoms with E-state index in [0.717, 1.165) is 6.42 Å². The molecule has 1 saturated carbocycles. The number of hydrogen-bond donors (Lipinski definition) is 1. The van der Waals surface area contributed by atoms with Crippen LogP contribution in [0.3, 0.4) is 0 Å². The molecule has 0 radical (unpaired) electrons. The molecular formula is C13H19NO. The van der Waals surface area contributed by atoms with Gasteiger partial charge in [0.05, 0.1) is 6.26 Å². The van der Waals surface area contributed by atoms with E-state index in [1.54, 1.807) is 0 Å². The van der Waals surface area contributed by atoms with Crippen molar-refractivity contribution in [2.75, 3.05) is 0 Å². The van der Waals surface area contributed by atoms with Crippen molar-refractivity contribution in [3.8, 4) is 0 Å². The highest BCUT2D eigenvalue weighted by molar-refractivity contribution is 5.31. The zero-order valence-corrected chi connectivity index (χ0v) is 9.38. The summed E-state index contributed by atoms with van der Waals surface area (Å²) in [6.45, 7) is 2.27. The van der Waals surface area contributed by atoms with Gasteiger partial charge in [-0.15, -0.1) is 0 Å². The van der Waals surface area contributed by atoms with Crippen LogP contribution < -0.4 is 5.32 Å². The molecule has 1 unspecified atom stereocenters. The Kier molecular flexibility index (Phi) is 2.13. The van der Waals surface area contributed by atoms with Crippen molar-refractivity contribution in [1.82, 2.24) is 5.32 Å². The van der Waals surface area contributed by atoms with Gasteiger partial charge in [-0.3, -0.25) is 0 Å². The predicted molar refractivity (Wildman–Crippen MR) is 59.8 cm³/mol. The van der Waals surface area contributed by atoms with Crippen LogP contribution in [-0.4, -0.2) is 6.04 Å². The quantitative estimate of drug-likeness (QED) is 0.704. The van der Waals surface area contributed by atoms with Gasteiger partial charge in [-0.2, -0.15) is 0 Å². The van der Waals surface area contributed by atoms with Crippen molar-refractivity contribution in [3.05, 3.63) is 23.7 Å². The lowest BCUT2D eigenvalue weighted by Gasteiger charge is -2.43. The Morgan fingerprint density at radius 3 is 2.93 bits per heavy atom. The number of furan rings is 1. The second-order valence-corrected chi connectivity index (χ2v) is 5.15. The average Bonchev–Trinajstić information content (AvgIpc) is 2.67. The lowest BCUT2D eigenvalue weighted by atomic mass is 9.73. The van der Waals surface area contributed by atoms with E-state index in [9.17, 15) is 0 Å². The van der Waals surface area contributed by atoms with Crippen LogP contribution in [-0.2, 0) is 12.0 Å². The summed E-state index contributed by atoms with van der Waals surface area (Å²) in [4.78, 5) is 0. The molecule has 1 fully saturated rings. The van der Waals surface area contributed by atoms with E-state index in [1.807, 2.05) is 6.26 Å². The molecule has 0 saturated heterocycles. The summed E-state index contributed by atoms with van der Waals surface area (Å²) in [6.07, 6.45) is 9.57. The minimum Gasteiger partial charge on any atom is -0.469 e. The molecule has 1 aromatic heterocycles. The maximum atomic E-state index is 5.61. The number of nitrogens with one attached hydrogen (secondary N) is 1. The predicted octanol–water partition coefficient (Wildman–Crippen LogP) is 2.97. The first-order chi connectivity index (χ1) is 7.30. The van der Waals surface area contributed by atoms with Gasteiger partial charge in [0.25, 0.3) is 0 Å². The fraction of sp³-hybridized carbons (Fsp3) is 0.692. The molecule has 2 heterocycles. The first kappa shape index (κ1) is 9.46. The minimum atomic E-state index is 0.248. The molecule has 1 N–H and O–H groups in total. The van der Waals surface area contributed by atoms with E-state index >= 15 is 0 Å². The molecule has 1 aromatic rings. The zero-order chi connectivity index (χ0) is 10.3. The minimum absolute atomic E-state index is 0.248. The SMILES string of the molecule is CC1Cc2occc2C2(CCCCC2)N1. The molecule has 1 aliphatic heterocycles. The van der Waals surface area contributed by atoms with E-state index in [4.69, 9.17) is 4.42 Å². The van der Waals surface area contributed by atoms with Gasteiger partial charge in [0.15, 0.2) is 0 Å². The molecule has 2 heteroatoms. The van der Waals surface area contributed by atoms with Crippen LogP contribution in [0.2, 0.25) is 0 Å².